The maximum absolute atomic E-state index is 10.3. The highest BCUT2D eigenvalue weighted by Gasteiger charge is 2.15. The van der Waals surface area contributed by atoms with Crippen LogP contribution in [0.25, 0.3) is 0 Å². The van der Waals surface area contributed by atoms with Crippen LogP contribution in [-0.4, -0.2) is 5.11 Å². The minimum atomic E-state index is -0.294. The van der Waals surface area contributed by atoms with Crippen LogP contribution < -0.4 is 0 Å². The Morgan fingerprint density at radius 1 is 1.18 bits per heavy atom. The standard InChI is InChI=1S/C16H26O/c1-4-6-10-14(5-2)12-16(17)15-11-8-7-9-13(15)3/h7-9,11,14,16-17H,4-6,10,12H2,1-3H3. The highest BCUT2D eigenvalue weighted by Crippen LogP contribution is 2.28. The third kappa shape index (κ3) is 4.51. The maximum atomic E-state index is 10.3. The molecular weight excluding hydrogens is 208 g/mol. The fraction of sp³-hybridized carbons (Fsp3) is 0.625. The van der Waals surface area contributed by atoms with Crippen LogP contribution in [0.2, 0.25) is 0 Å². The predicted molar refractivity (Wildman–Crippen MR) is 74.1 cm³/mol. The lowest BCUT2D eigenvalue weighted by atomic mass is 9.89. The molecule has 0 bridgehead atoms. The minimum Gasteiger partial charge on any atom is -0.388 e. The smallest absolute Gasteiger partial charge is 0.0795 e. The molecule has 1 N–H and O–H groups in total. The number of hydrogen-bond donors (Lipinski definition) is 1. The average Bonchev–Trinajstić information content (AvgIpc) is 2.34. The third-order valence-corrected chi connectivity index (χ3v) is 3.65. The summed E-state index contributed by atoms with van der Waals surface area (Å²) in [6, 6.07) is 8.16. The second kappa shape index (κ2) is 7.50. The first kappa shape index (κ1) is 14.2. The molecule has 0 radical (unpaired) electrons. The number of aliphatic hydroxyl groups is 1. The number of aryl methyl sites for hydroxylation is 1. The Bertz CT molecular complexity index is 319. The highest BCUT2D eigenvalue weighted by molar-refractivity contribution is 5.27. The van der Waals surface area contributed by atoms with Gasteiger partial charge in [0.15, 0.2) is 0 Å². The molecule has 0 fully saturated rings. The first-order chi connectivity index (χ1) is 8.19. The fourth-order valence-corrected chi connectivity index (χ4v) is 2.38. The van der Waals surface area contributed by atoms with Crippen LogP contribution in [0.3, 0.4) is 0 Å². The molecule has 0 heterocycles. The lowest BCUT2D eigenvalue weighted by Gasteiger charge is -2.20. The molecule has 0 aliphatic carbocycles. The van der Waals surface area contributed by atoms with Crippen LogP contribution in [0.5, 0.6) is 0 Å². The van der Waals surface area contributed by atoms with Crippen molar-refractivity contribution in [1.82, 2.24) is 0 Å². The quantitative estimate of drug-likeness (QED) is 0.729. The van der Waals surface area contributed by atoms with Crippen molar-refractivity contribution in [1.29, 1.82) is 0 Å². The molecule has 0 saturated carbocycles. The summed E-state index contributed by atoms with van der Waals surface area (Å²) in [4.78, 5) is 0. The molecule has 0 spiro atoms. The van der Waals surface area contributed by atoms with Gasteiger partial charge in [-0.1, -0.05) is 63.8 Å². The Balaban J connectivity index is 2.58. The normalized spacial score (nSPS) is 14.6. The van der Waals surface area contributed by atoms with Crippen LogP contribution >= 0.6 is 0 Å². The van der Waals surface area contributed by atoms with Gasteiger partial charge in [0.05, 0.1) is 6.10 Å². The van der Waals surface area contributed by atoms with E-state index in [9.17, 15) is 5.11 Å². The molecule has 0 saturated heterocycles. The van der Waals surface area contributed by atoms with E-state index in [-0.39, 0.29) is 6.10 Å². The third-order valence-electron chi connectivity index (χ3n) is 3.65. The van der Waals surface area contributed by atoms with E-state index in [0.717, 1.165) is 12.0 Å². The summed E-state index contributed by atoms with van der Waals surface area (Å²) in [5.41, 5.74) is 2.30. The van der Waals surface area contributed by atoms with Gasteiger partial charge in [-0.05, 0) is 30.4 Å². The lowest BCUT2D eigenvalue weighted by molar-refractivity contribution is 0.138. The molecule has 1 nitrogen and oxygen atoms in total. The Kier molecular flexibility index (Phi) is 6.28. The Hall–Kier alpha value is -0.820. The van der Waals surface area contributed by atoms with Crippen molar-refractivity contribution in [3.63, 3.8) is 0 Å². The van der Waals surface area contributed by atoms with Crippen LogP contribution in [-0.2, 0) is 0 Å². The van der Waals surface area contributed by atoms with Crippen molar-refractivity contribution in [2.45, 2.75) is 59.0 Å². The fourth-order valence-electron chi connectivity index (χ4n) is 2.38. The van der Waals surface area contributed by atoms with Gasteiger partial charge in [-0.25, -0.2) is 0 Å². The Morgan fingerprint density at radius 2 is 1.88 bits per heavy atom. The van der Waals surface area contributed by atoms with E-state index in [0.29, 0.717) is 5.92 Å². The zero-order valence-electron chi connectivity index (χ0n) is 11.4. The zero-order valence-corrected chi connectivity index (χ0v) is 11.4. The van der Waals surface area contributed by atoms with Crippen molar-refractivity contribution in [3.8, 4) is 0 Å². The van der Waals surface area contributed by atoms with Crippen LogP contribution in [0, 0.1) is 12.8 Å². The summed E-state index contributed by atoms with van der Waals surface area (Å²) in [6.07, 6.45) is 5.55. The molecule has 1 heteroatoms. The predicted octanol–water partition coefficient (Wildman–Crippen LogP) is 4.63. The zero-order chi connectivity index (χ0) is 12.7. The van der Waals surface area contributed by atoms with Gasteiger partial charge >= 0.3 is 0 Å². The molecule has 0 aliphatic heterocycles. The van der Waals surface area contributed by atoms with E-state index < -0.39 is 0 Å². The van der Waals surface area contributed by atoms with Gasteiger partial charge in [0.25, 0.3) is 0 Å². The summed E-state index contributed by atoms with van der Waals surface area (Å²) in [6.45, 7) is 6.53. The summed E-state index contributed by atoms with van der Waals surface area (Å²) in [7, 11) is 0. The number of benzene rings is 1. The van der Waals surface area contributed by atoms with Gasteiger partial charge in [0.1, 0.15) is 0 Å². The van der Waals surface area contributed by atoms with E-state index in [1.807, 2.05) is 18.2 Å². The summed E-state index contributed by atoms with van der Waals surface area (Å²) in [5, 5.41) is 10.3. The van der Waals surface area contributed by atoms with Crippen LogP contribution in [0.1, 0.15) is 63.2 Å². The first-order valence-corrected chi connectivity index (χ1v) is 6.92. The Labute approximate surface area is 106 Å². The lowest BCUT2D eigenvalue weighted by Crippen LogP contribution is -2.08. The Morgan fingerprint density at radius 3 is 2.47 bits per heavy atom. The number of aliphatic hydroxyl groups excluding tert-OH is 1. The molecule has 1 rings (SSSR count). The van der Waals surface area contributed by atoms with E-state index in [2.05, 4.69) is 26.8 Å². The van der Waals surface area contributed by atoms with E-state index >= 15 is 0 Å². The molecule has 96 valence electrons. The molecule has 0 aliphatic rings. The van der Waals surface area contributed by atoms with Crippen molar-refractivity contribution < 1.29 is 5.11 Å². The van der Waals surface area contributed by atoms with Crippen molar-refractivity contribution in [2.24, 2.45) is 5.92 Å². The van der Waals surface area contributed by atoms with Crippen molar-refractivity contribution in [3.05, 3.63) is 35.4 Å². The largest absolute Gasteiger partial charge is 0.388 e. The SMILES string of the molecule is CCCCC(CC)CC(O)c1ccccc1C. The molecule has 1 aromatic rings. The highest BCUT2D eigenvalue weighted by atomic mass is 16.3. The van der Waals surface area contributed by atoms with Gasteiger partial charge in [-0.15, -0.1) is 0 Å². The number of rotatable bonds is 7. The molecule has 2 unspecified atom stereocenters. The topological polar surface area (TPSA) is 20.2 Å². The van der Waals surface area contributed by atoms with Gasteiger partial charge in [-0.2, -0.15) is 0 Å². The first-order valence-electron chi connectivity index (χ1n) is 6.92. The molecule has 0 aromatic heterocycles. The van der Waals surface area contributed by atoms with Crippen LogP contribution in [0.4, 0.5) is 0 Å². The molecule has 2 atom stereocenters. The van der Waals surface area contributed by atoms with E-state index in [1.54, 1.807) is 0 Å². The van der Waals surface area contributed by atoms with E-state index in [1.165, 1.54) is 31.2 Å². The summed E-state index contributed by atoms with van der Waals surface area (Å²) in [5.74, 6) is 0.657. The monoisotopic (exact) mass is 234 g/mol. The average molecular weight is 234 g/mol. The molecular formula is C16H26O. The van der Waals surface area contributed by atoms with Gasteiger partial charge in [0.2, 0.25) is 0 Å². The van der Waals surface area contributed by atoms with Crippen LogP contribution in [0.15, 0.2) is 24.3 Å². The number of hydrogen-bond acceptors (Lipinski definition) is 1. The van der Waals surface area contributed by atoms with Gasteiger partial charge in [0, 0.05) is 0 Å². The number of unbranched alkanes of at least 4 members (excludes halogenated alkanes) is 1. The van der Waals surface area contributed by atoms with E-state index in [4.69, 9.17) is 0 Å². The van der Waals surface area contributed by atoms with Crippen molar-refractivity contribution >= 4 is 0 Å². The van der Waals surface area contributed by atoms with Crippen molar-refractivity contribution in [2.75, 3.05) is 0 Å². The maximum Gasteiger partial charge on any atom is 0.0795 e. The molecule has 17 heavy (non-hydrogen) atoms. The summed E-state index contributed by atoms with van der Waals surface area (Å²) >= 11 is 0. The second-order valence-electron chi connectivity index (χ2n) is 5.02. The minimum absolute atomic E-state index is 0.294. The van der Waals surface area contributed by atoms with Gasteiger partial charge in [-0.3, -0.25) is 0 Å². The second-order valence-corrected chi connectivity index (χ2v) is 5.02. The molecule has 1 aromatic carbocycles. The summed E-state index contributed by atoms with van der Waals surface area (Å²) < 4.78 is 0. The van der Waals surface area contributed by atoms with Gasteiger partial charge < -0.3 is 5.11 Å². The molecule has 0 amide bonds.